The van der Waals surface area contributed by atoms with Crippen LogP contribution in [0.3, 0.4) is 0 Å². The Morgan fingerprint density at radius 3 is 2.71 bits per heavy atom. The maximum atomic E-state index is 13.1. The molecule has 0 saturated heterocycles. The number of carbonyl (C=O) groups is 1. The largest absolute Gasteiger partial charge is 0.350 e. The Kier molecular flexibility index (Phi) is 5.68. The van der Waals surface area contributed by atoms with Crippen LogP contribution in [0.25, 0.3) is 32.4 Å². The lowest BCUT2D eigenvalue weighted by Crippen LogP contribution is -2.32. The van der Waals surface area contributed by atoms with Gasteiger partial charge in [0.25, 0.3) is 11.4 Å². The number of nitrogens with one attached hydrogen (secondary N) is 1. The molecule has 5 aromatic rings. The predicted octanol–water partition coefficient (Wildman–Crippen LogP) is 3.33. The van der Waals surface area contributed by atoms with Crippen LogP contribution in [0, 0.1) is 12.7 Å². The van der Waals surface area contributed by atoms with Crippen LogP contribution >= 0.6 is 11.3 Å². The zero-order valence-corrected chi connectivity index (χ0v) is 18.7. The van der Waals surface area contributed by atoms with E-state index >= 15 is 0 Å². The second-order valence-corrected chi connectivity index (χ2v) is 8.48. The lowest BCUT2D eigenvalue weighted by molar-refractivity contribution is -0.121. The fourth-order valence-electron chi connectivity index (χ4n) is 3.42. The molecule has 0 aliphatic carbocycles. The highest BCUT2D eigenvalue weighted by atomic mass is 32.1. The Balaban J connectivity index is 1.38. The molecule has 0 aliphatic rings. The molecule has 34 heavy (non-hydrogen) atoms. The first-order valence-corrected chi connectivity index (χ1v) is 11.1. The summed E-state index contributed by atoms with van der Waals surface area (Å²) in [7, 11) is 0. The Labute approximate surface area is 195 Å². The average molecular weight is 476 g/mol. The van der Waals surface area contributed by atoms with E-state index in [0.717, 1.165) is 11.1 Å². The van der Waals surface area contributed by atoms with E-state index in [1.54, 1.807) is 43.6 Å². The number of hydrogen-bond acceptors (Lipinski definition) is 8. The lowest BCUT2D eigenvalue weighted by atomic mass is 10.2. The van der Waals surface area contributed by atoms with Gasteiger partial charge in [0.1, 0.15) is 17.2 Å². The molecule has 0 atom stereocenters. The molecule has 5 rings (SSSR count). The number of pyridine rings is 1. The zero-order chi connectivity index (χ0) is 23.7. The van der Waals surface area contributed by atoms with Crippen molar-refractivity contribution in [2.24, 2.45) is 0 Å². The number of benzene rings is 1. The van der Waals surface area contributed by atoms with E-state index in [9.17, 15) is 14.0 Å². The van der Waals surface area contributed by atoms with E-state index in [0.29, 0.717) is 26.5 Å². The van der Waals surface area contributed by atoms with Crippen molar-refractivity contribution in [3.8, 4) is 22.2 Å². The number of nitrogens with zero attached hydrogens (tertiary/aromatic N) is 5. The number of hydrogen-bond donors (Lipinski definition) is 1. The normalized spacial score (nSPS) is 11.1. The van der Waals surface area contributed by atoms with E-state index in [1.807, 2.05) is 0 Å². The summed E-state index contributed by atoms with van der Waals surface area (Å²) in [5.41, 5.74) is 1.83. The number of carbonyl (C=O) groups excluding carboxylic acids is 1. The molecule has 0 spiro atoms. The van der Waals surface area contributed by atoms with Crippen LogP contribution in [0.1, 0.15) is 11.1 Å². The van der Waals surface area contributed by atoms with E-state index < -0.39 is 0 Å². The number of rotatable bonds is 6. The molecule has 0 saturated carbocycles. The average Bonchev–Trinajstić information content (AvgIpc) is 3.46. The molecule has 170 valence electrons. The van der Waals surface area contributed by atoms with Crippen molar-refractivity contribution in [3.05, 3.63) is 82.4 Å². The molecule has 0 aliphatic heterocycles. The lowest BCUT2D eigenvalue weighted by Gasteiger charge is -2.07. The first-order valence-electron chi connectivity index (χ1n) is 10.2. The van der Waals surface area contributed by atoms with Gasteiger partial charge in [0.15, 0.2) is 0 Å². The number of fused-ring (bicyclic) bond motifs is 1. The van der Waals surface area contributed by atoms with Crippen molar-refractivity contribution < 1.29 is 13.7 Å². The fourth-order valence-corrected chi connectivity index (χ4v) is 4.48. The maximum absolute atomic E-state index is 13.1. The minimum absolute atomic E-state index is 0.194. The van der Waals surface area contributed by atoms with Crippen molar-refractivity contribution in [1.82, 2.24) is 30.0 Å². The standard InChI is InChI=1S/C23H17FN6O3S/c1-13-18-22(34-19(13)21-28-20(29-33-21)15-6-8-25-9-7-15)27-12-30(23(18)32)11-17(31)26-10-14-2-4-16(24)5-3-14/h2-9,12H,10-11H2,1H3,(H,26,31). The monoisotopic (exact) mass is 476 g/mol. The van der Waals surface area contributed by atoms with Gasteiger partial charge >= 0.3 is 0 Å². The fraction of sp³-hybridized carbons (Fsp3) is 0.130. The second kappa shape index (κ2) is 8.94. The van der Waals surface area contributed by atoms with Crippen LogP contribution in [0.15, 0.2) is 64.4 Å². The van der Waals surface area contributed by atoms with Gasteiger partial charge in [0.2, 0.25) is 11.7 Å². The molecule has 0 bridgehead atoms. The number of halogens is 1. The van der Waals surface area contributed by atoms with Gasteiger partial charge in [-0.1, -0.05) is 17.3 Å². The minimum atomic E-state index is -0.362. The summed E-state index contributed by atoms with van der Waals surface area (Å²) in [6.45, 7) is 1.81. The van der Waals surface area contributed by atoms with Gasteiger partial charge in [0.05, 0.1) is 16.6 Å². The van der Waals surface area contributed by atoms with Crippen LogP contribution in [0.2, 0.25) is 0 Å². The summed E-state index contributed by atoms with van der Waals surface area (Å²) < 4.78 is 19.7. The van der Waals surface area contributed by atoms with Crippen LogP contribution in [-0.2, 0) is 17.9 Å². The highest BCUT2D eigenvalue weighted by molar-refractivity contribution is 7.22. The number of thiophene rings is 1. The Morgan fingerprint density at radius 2 is 1.94 bits per heavy atom. The molecule has 0 unspecified atom stereocenters. The molecular formula is C23H17FN6O3S. The predicted molar refractivity (Wildman–Crippen MR) is 123 cm³/mol. The molecular weight excluding hydrogens is 459 g/mol. The van der Waals surface area contributed by atoms with Crippen LogP contribution in [-0.4, -0.2) is 30.6 Å². The van der Waals surface area contributed by atoms with Crippen molar-refractivity contribution >= 4 is 27.5 Å². The quantitative estimate of drug-likeness (QED) is 0.400. The first-order chi connectivity index (χ1) is 16.5. The third-order valence-corrected chi connectivity index (χ3v) is 6.38. The second-order valence-electron chi connectivity index (χ2n) is 7.48. The summed E-state index contributed by atoms with van der Waals surface area (Å²) in [5.74, 6) is -0.00652. The van der Waals surface area contributed by atoms with Crippen molar-refractivity contribution in [2.75, 3.05) is 0 Å². The summed E-state index contributed by atoms with van der Waals surface area (Å²) in [5, 5.41) is 7.14. The van der Waals surface area contributed by atoms with Gasteiger partial charge in [-0.2, -0.15) is 4.98 Å². The molecule has 9 nitrogen and oxygen atoms in total. The topological polar surface area (TPSA) is 116 Å². The van der Waals surface area contributed by atoms with Gasteiger partial charge in [0, 0.05) is 24.5 Å². The Morgan fingerprint density at radius 1 is 1.18 bits per heavy atom. The van der Waals surface area contributed by atoms with E-state index in [1.165, 1.54) is 34.4 Å². The smallest absolute Gasteiger partial charge is 0.268 e. The summed E-state index contributed by atoms with van der Waals surface area (Å²) >= 11 is 1.27. The van der Waals surface area contributed by atoms with Gasteiger partial charge < -0.3 is 9.84 Å². The van der Waals surface area contributed by atoms with Gasteiger partial charge in [-0.05, 0) is 42.3 Å². The number of aryl methyl sites for hydroxylation is 1. The Hall–Kier alpha value is -4.25. The van der Waals surface area contributed by atoms with E-state index in [-0.39, 0.29) is 36.3 Å². The summed E-state index contributed by atoms with van der Waals surface area (Å²) in [6.07, 6.45) is 4.62. The molecule has 1 aromatic carbocycles. The molecule has 4 heterocycles. The van der Waals surface area contributed by atoms with E-state index in [4.69, 9.17) is 4.52 Å². The molecule has 1 N–H and O–H groups in total. The SMILES string of the molecule is Cc1c(-c2nc(-c3ccncc3)no2)sc2ncn(CC(=O)NCc3ccc(F)cc3)c(=O)c12. The van der Waals surface area contributed by atoms with Crippen LogP contribution in [0.4, 0.5) is 4.39 Å². The molecule has 1 amide bonds. The van der Waals surface area contributed by atoms with Gasteiger partial charge in [-0.25, -0.2) is 9.37 Å². The van der Waals surface area contributed by atoms with Gasteiger partial charge in [-0.3, -0.25) is 19.1 Å². The third-order valence-electron chi connectivity index (χ3n) is 5.19. The number of amides is 1. The first kappa shape index (κ1) is 21.6. The van der Waals surface area contributed by atoms with Crippen molar-refractivity contribution in [1.29, 1.82) is 0 Å². The summed E-state index contributed by atoms with van der Waals surface area (Å²) in [4.78, 5) is 39.4. The molecule has 0 fully saturated rings. The summed E-state index contributed by atoms with van der Waals surface area (Å²) in [6, 6.07) is 9.36. The van der Waals surface area contributed by atoms with E-state index in [2.05, 4.69) is 25.4 Å². The van der Waals surface area contributed by atoms with Crippen molar-refractivity contribution in [3.63, 3.8) is 0 Å². The van der Waals surface area contributed by atoms with Gasteiger partial charge in [-0.15, -0.1) is 11.3 Å². The zero-order valence-electron chi connectivity index (χ0n) is 17.9. The highest BCUT2D eigenvalue weighted by Gasteiger charge is 2.21. The number of aromatic nitrogens is 5. The highest BCUT2D eigenvalue weighted by Crippen LogP contribution is 2.35. The maximum Gasteiger partial charge on any atom is 0.268 e. The van der Waals surface area contributed by atoms with Crippen LogP contribution < -0.4 is 10.9 Å². The molecule has 4 aromatic heterocycles. The molecule has 11 heteroatoms. The minimum Gasteiger partial charge on any atom is -0.350 e. The Bertz CT molecular complexity index is 1540. The van der Waals surface area contributed by atoms with Crippen molar-refractivity contribution in [2.45, 2.75) is 20.0 Å². The third kappa shape index (κ3) is 4.20. The van der Waals surface area contributed by atoms with Crippen LogP contribution in [0.5, 0.6) is 0 Å². The molecule has 0 radical (unpaired) electrons.